The summed E-state index contributed by atoms with van der Waals surface area (Å²) in [7, 11) is 2.09. The van der Waals surface area contributed by atoms with Crippen LogP contribution >= 0.6 is 0 Å². The lowest BCUT2D eigenvalue weighted by Crippen LogP contribution is -2.56. The third-order valence-electron chi connectivity index (χ3n) is 11.2. The third-order valence-corrected chi connectivity index (χ3v) is 11.2. The molecule has 7 unspecified atom stereocenters. The Balaban J connectivity index is 1.16. The summed E-state index contributed by atoms with van der Waals surface area (Å²) in [6, 6.07) is -0.131. The monoisotopic (exact) mass is 545 g/mol. The standard InChI is InChI=1S/C27H43F4N5O2/c1-16(35-10-19(28)11-35)17-6-21-22(23(7-17)27(29,30)31)12-36(25(21)37)20-5-3-4-18(8-20)26(13-38-14-26)9-24-33-32-15-34(24)2/h16-24,32-33H,3-15H2,1-2H3/t16-,17?,18?,20?,21?,22?,23?,24?/m1/s1. The first-order valence-corrected chi connectivity index (χ1v) is 14.6. The van der Waals surface area contributed by atoms with E-state index in [0.29, 0.717) is 38.6 Å². The van der Waals surface area contributed by atoms with Crippen molar-refractivity contribution in [3.8, 4) is 0 Å². The molecule has 0 aromatic rings. The van der Waals surface area contributed by atoms with E-state index < -0.39 is 30.1 Å². The molecular weight excluding hydrogens is 502 g/mol. The summed E-state index contributed by atoms with van der Waals surface area (Å²) in [5.74, 6) is -2.62. The molecule has 6 rings (SSSR count). The van der Waals surface area contributed by atoms with Crippen LogP contribution in [0.15, 0.2) is 0 Å². The van der Waals surface area contributed by atoms with E-state index in [1.807, 2.05) is 16.7 Å². The zero-order chi connectivity index (χ0) is 26.8. The SMILES string of the molecule is C[C@H](C1CC2C(=O)N(C3CCCC(C4(CC5NNCN5C)COC4)C3)CC2C(C(F)(F)F)C1)N1CC(F)C1. The van der Waals surface area contributed by atoms with Gasteiger partial charge in [-0.2, -0.15) is 13.2 Å². The lowest BCUT2D eigenvalue weighted by Gasteiger charge is -2.52. The number of rotatable bonds is 6. The van der Waals surface area contributed by atoms with Crippen molar-refractivity contribution < 1.29 is 27.1 Å². The van der Waals surface area contributed by atoms with Crippen LogP contribution in [0, 0.1) is 35.0 Å². The van der Waals surface area contributed by atoms with Crippen molar-refractivity contribution in [2.24, 2.45) is 35.0 Å². The number of carbonyl (C=O) groups excluding carboxylic acids is 1. The summed E-state index contributed by atoms with van der Waals surface area (Å²) in [5.41, 5.74) is 6.60. The van der Waals surface area contributed by atoms with Crippen molar-refractivity contribution in [1.29, 1.82) is 0 Å². The molecule has 38 heavy (non-hydrogen) atoms. The molecule has 2 saturated carbocycles. The van der Waals surface area contributed by atoms with Crippen LogP contribution in [0.3, 0.4) is 0 Å². The predicted octanol–water partition coefficient (Wildman–Crippen LogP) is 2.98. The molecule has 7 nitrogen and oxygen atoms in total. The number of alkyl halides is 4. The van der Waals surface area contributed by atoms with Gasteiger partial charge in [0, 0.05) is 43.1 Å². The first-order valence-electron chi connectivity index (χ1n) is 14.6. The van der Waals surface area contributed by atoms with Crippen molar-refractivity contribution in [2.75, 3.05) is 46.6 Å². The van der Waals surface area contributed by atoms with Gasteiger partial charge >= 0.3 is 6.18 Å². The molecule has 11 heteroatoms. The van der Waals surface area contributed by atoms with Gasteiger partial charge in [0.1, 0.15) is 6.17 Å². The molecule has 4 saturated heterocycles. The maximum absolute atomic E-state index is 14.3. The van der Waals surface area contributed by atoms with Crippen LogP contribution in [0.2, 0.25) is 0 Å². The molecule has 6 aliphatic rings. The van der Waals surface area contributed by atoms with Crippen LogP contribution in [-0.4, -0.2) is 97.8 Å². The van der Waals surface area contributed by atoms with Gasteiger partial charge in [-0.15, -0.1) is 0 Å². The number of hydrazine groups is 1. The van der Waals surface area contributed by atoms with E-state index in [2.05, 4.69) is 22.8 Å². The fraction of sp³-hybridized carbons (Fsp3) is 0.963. The highest BCUT2D eigenvalue weighted by atomic mass is 19.4. The predicted molar refractivity (Wildman–Crippen MR) is 133 cm³/mol. The van der Waals surface area contributed by atoms with Gasteiger partial charge in [-0.1, -0.05) is 6.42 Å². The molecule has 1 amide bonds. The van der Waals surface area contributed by atoms with Gasteiger partial charge in [0.2, 0.25) is 5.91 Å². The second-order valence-electron chi connectivity index (χ2n) is 13.3. The van der Waals surface area contributed by atoms with E-state index in [1.165, 1.54) is 0 Å². The van der Waals surface area contributed by atoms with Crippen LogP contribution in [0.4, 0.5) is 17.6 Å². The van der Waals surface area contributed by atoms with E-state index in [0.717, 1.165) is 38.8 Å². The molecule has 0 spiro atoms. The highest BCUT2D eigenvalue weighted by Crippen LogP contribution is 2.53. The molecule has 0 aromatic heterocycles. The topological polar surface area (TPSA) is 60.1 Å². The highest BCUT2D eigenvalue weighted by molar-refractivity contribution is 5.82. The van der Waals surface area contributed by atoms with Crippen molar-refractivity contribution in [1.82, 2.24) is 25.6 Å². The van der Waals surface area contributed by atoms with Gasteiger partial charge in [-0.25, -0.2) is 15.2 Å². The number of ether oxygens (including phenoxy) is 1. The van der Waals surface area contributed by atoms with E-state index >= 15 is 0 Å². The molecule has 8 atom stereocenters. The Labute approximate surface area is 222 Å². The number of hydrogen-bond acceptors (Lipinski definition) is 6. The van der Waals surface area contributed by atoms with Crippen LogP contribution in [-0.2, 0) is 9.53 Å². The second kappa shape index (κ2) is 10.1. The first-order chi connectivity index (χ1) is 18.1. The minimum Gasteiger partial charge on any atom is -0.380 e. The molecule has 2 aliphatic carbocycles. The maximum atomic E-state index is 14.3. The fourth-order valence-electron chi connectivity index (χ4n) is 8.62. The Morgan fingerprint density at radius 3 is 2.50 bits per heavy atom. The molecular formula is C27H43F4N5O2. The Morgan fingerprint density at radius 2 is 1.89 bits per heavy atom. The van der Waals surface area contributed by atoms with Crippen molar-refractivity contribution in [2.45, 2.75) is 82.5 Å². The number of hydrogen-bond donors (Lipinski definition) is 2. The summed E-state index contributed by atoms with van der Waals surface area (Å²) >= 11 is 0. The Morgan fingerprint density at radius 1 is 1.13 bits per heavy atom. The Hall–Kier alpha value is -1.01. The van der Waals surface area contributed by atoms with Crippen LogP contribution < -0.4 is 10.9 Å². The summed E-state index contributed by atoms with van der Waals surface area (Å²) < 4.78 is 62.2. The Kier molecular flexibility index (Phi) is 7.24. The van der Waals surface area contributed by atoms with Gasteiger partial charge in [0.05, 0.1) is 32.0 Å². The van der Waals surface area contributed by atoms with Crippen molar-refractivity contribution in [3.63, 3.8) is 0 Å². The molecule has 4 heterocycles. The number of fused-ring (bicyclic) bond motifs is 1. The van der Waals surface area contributed by atoms with Crippen molar-refractivity contribution in [3.05, 3.63) is 0 Å². The summed E-state index contributed by atoms with van der Waals surface area (Å²) in [5, 5.41) is 0. The van der Waals surface area contributed by atoms with Gasteiger partial charge < -0.3 is 9.64 Å². The lowest BCUT2D eigenvalue weighted by atomic mass is 9.64. The molecule has 2 N–H and O–H groups in total. The quantitative estimate of drug-likeness (QED) is 0.501. The highest BCUT2D eigenvalue weighted by Gasteiger charge is 2.59. The molecule has 0 bridgehead atoms. The molecule has 0 radical (unpaired) electrons. The maximum Gasteiger partial charge on any atom is 0.392 e. The van der Waals surface area contributed by atoms with Gasteiger partial charge in [0.25, 0.3) is 0 Å². The normalized spacial score (nSPS) is 41.6. The van der Waals surface area contributed by atoms with Crippen LogP contribution in [0.25, 0.3) is 0 Å². The van der Waals surface area contributed by atoms with Gasteiger partial charge in [-0.3, -0.25) is 14.6 Å². The largest absolute Gasteiger partial charge is 0.392 e. The average molecular weight is 546 g/mol. The first kappa shape index (κ1) is 27.2. The fourth-order valence-corrected chi connectivity index (χ4v) is 8.62. The van der Waals surface area contributed by atoms with Crippen LogP contribution in [0.1, 0.15) is 51.9 Å². The van der Waals surface area contributed by atoms with E-state index in [9.17, 15) is 22.4 Å². The molecule has 4 aliphatic heterocycles. The number of nitrogens with zero attached hydrogens (tertiary/aromatic N) is 3. The molecule has 0 aromatic carbocycles. The molecule has 216 valence electrons. The van der Waals surface area contributed by atoms with E-state index in [4.69, 9.17) is 4.74 Å². The number of carbonyl (C=O) groups is 1. The second-order valence-corrected chi connectivity index (χ2v) is 13.3. The number of nitrogens with one attached hydrogen (secondary N) is 2. The smallest absolute Gasteiger partial charge is 0.380 e. The molecule has 6 fully saturated rings. The summed E-state index contributed by atoms with van der Waals surface area (Å²) in [6.45, 7) is 4.93. The van der Waals surface area contributed by atoms with E-state index in [1.54, 1.807) is 0 Å². The van der Waals surface area contributed by atoms with E-state index in [-0.39, 0.29) is 48.5 Å². The number of halogens is 4. The summed E-state index contributed by atoms with van der Waals surface area (Å²) in [4.78, 5) is 19.8. The zero-order valence-corrected chi connectivity index (χ0v) is 22.6. The summed E-state index contributed by atoms with van der Waals surface area (Å²) in [6.07, 6.45) is 0.280. The minimum atomic E-state index is -4.33. The minimum absolute atomic E-state index is 0.00384. The lowest BCUT2D eigenvalue weighted by molar-refractivity contribution is -0.206. The average Bonchev–Trinajstić information content (AvgIpc) is 3.40. The zero-order valence-electron chi connectivity index (χ0n) is 22.6. The number of likely N-dealkylation sites (tertiary alicyclic amines) is 2. The van der Waals surface area contributed by atoms with Crippen molar-refractivity contribution >= 4 is 5.91 Å². The third kappa shape index (κ3) is 4.78. The van der Waals surface area contributed by atoms with Gasteiger partial charge in [0.15, 0.2) is 0 Å². The Bertz CT molecular complexity index is 882. The van der Waals surface area contributed by atoms with Gasteiger partial charge in [-0.05, 0) is 70.3 Å². The number of amides is 1. The van der Waals surface area contributed by atoms with Crippen LogP contribution in [0.5, 0.6) is 0 Å².